The van der Waals surface area contributed by atoms with Gasteiger partial charge in [-0.2, -0.15) is 0 Å². The van der Waals surface area contributed by atoms with Gasteiger partial charge in [-0.3, -0.25) is 0 Å². The SMILES string of the molecule is CC(C)Cc1[nH]cnc(=S)c1F. The van der Waals surface area contributed by atoms with E-state index in [0.717, 1.165) is 0 Å². The van der Waals surface area contributed by atoms with Crippen molar-refractivity contribution in [3.05, 3.63) is 22.5 Å². The van der Waals surface area contributed by atoms with Gasteiger partial charge in [-0.05, 0) is 12.3 Å². The normalized spacial score (nSPS) is 10.7. The molecule has 4 heteroatoms. The van der Waals surface area contributed by atoms with Crippen LogP contribution in [0.25, 0.3) is 0 Å². The molecule has 1 N–H and O–H groups in total. The molecule has 2 nitrogen and oxygen atoms in total. The molecule has 0 aliphatic heterocycles. The van der Waals surface area contributed by atoms with Crippen LogP contribution in [0.3, 0.4) is 0 Å². The maximum absolute atomic E-state index is 13.2. The largest absolute Gasteiger partial charge is 0.347 e. The molecule has 0 aromatic carbocycles. The standard InChI is InChI=1S/C8H11FN2S/c1-5(2)3-6-7(9)8(12)11-4-10-6/h4-5H,3H2,1-2H3,(H,10,11,12). The summed E-state index contributed by atoms with van der Waals surface area (Å²) in [5.41, 5.74) is 0.546. The first-order valence-electron chi connectivity index (χ1n) is 3.83. The molecular formula is C8H11FN2S. The zero-order valence-electron chi connectivity index (χ0n) is 7.10. The molecule has 0 radical (unpaired) electrons. The molecule has 0 saturated carbocycles. The van der Waals surface area contributed by atoms with E-state index in [2.05, 4.69) is 22.2 Å². The van der Waals surface area contributed by atoms with Gasteiger partial charge in [0.1, 0.15) is 0 Å². The molecule has 12 heavy (non-hydrogen) atoms. The third kappa shape index (κ3) is 2.11. The molecule has 0 spiro atoms. The number of nitrogens with zero attached hydrogens (tertiary/aromatic N) is 1. The molecule has 66 valence electrons. The summed E-state index contributed by atoms with van der Waals surface area (Å²) in [4.78, 5) is 6.39. The second kappa shape index (κ2) is 3.76. The van der Waals surface area contributed by atoms with E-state index in [1.165, 1.54) is 6.33 Å². The van der Waals surface area contributed by atoms with Gasteiger partial charge in [0.05, 0.1) is 12.0 Å². The van der Waals surface area contributed by atoms with Crippen LogP contribution < -0.4 is 0 Å². The van der Waals surface area contributed by atoms with Crippen molar-refractivity contribution in [2.45, 2.75) is 20.3 Å². The Kier molecular flexibility index (Phi) is 2.92. The molecule has 1 aromatic rings. The summed E-state index contributed by atoms with van der Waals surface area (Å²) in [6.07, 6.45) is 2.10. The molecule has 0 bridgehead atoms. The first kappa shape index (κ1) is 9.32. The molecular weight excluding hydrogens is 175 g/mol. The minimum Gasteiger partial charge on any atom is -0.347 e. The van der Waals surface area contributed by atoms with Gasteiger partial charge in [0.15, 0.2) is 10.5 Å². The van der Waals surface area contributed by atoms with Crippen molar-refractivity contribution in [1.29, 1.82) is 0 Å². The molecule has 0 aliphatic rings. The van der Waals surface area contributed by atoms with Crippen molar-refractivity contribution in [1.82, 2.24) is 9.97 Å². The van der Waals surface area contributed by atoms with Gasteiger partial charge in [0, 0.05) is 0 Å². The Morgan fingerprint density at radius 2 is 2.33 bits per heavy atom. The molecule has 1 aromatic heterocycles. The number of rotatable bonds is 2. The van der Waals surface area contributed by atoms with Crippen molar-refractivity contribution in [2.24, 2.45) is 5.92 Å². The number of hydrogen-bond acceptors (Lipinski definition) is 2. The second-order valence-corrected chi connectivity index (χ2v) is 3.48. The lowest BCUT2D eigenvalue weighted by atomic mass is 10.1. The van der Waals surface area contributed by atoms with E-state index in [9.17, 15) is 4.39 Å². The Morgan fingerprint density at radius 3 is 2.92 bits per heavy atom. The summed E-state index contributed by atoms with van der Waals surface area (Å²) >= 11 is 4.69. The fraction of sp³-hybridized carbons (Fsp3) is 0.500. The third-order valence-electron chi connectivity index (χ3n) is 1.49. The average molecular weight is 186 g/mol. The lowest BCUT2D eigenvalue weighted by molar-refractivity contribution is 0.550. The first-order valence-corrected chi connectivity index (χ1v) is 4.24. The average Bonchev–Trinajstić information content (AvgIpc) is 1.98. The Morgan fingerprint density at radius 1 is 1.67 bits per heavy atom. The van der Waals surface area contributed by atoms with Gasteiger partial charge in [-0.25, -0.2) is 9.37 Å². The molecule has 1 rings (SSSR count). The first-order chi connectivity index (χ1) is 5.61. The number of nitrogens with one attached hydrogen (secondary N) is 1. The lowest BCUT2D eigenvalue weighted by Crippen LogP contribution is -2.02. The van der Waals surface area contributed by atoms with Crippen LogP contribution in [0.4, 0.5) is 4.39 Å². The lowest BCUT2D eigenvalue weighted by Gasteiger charge is -2.04. The van der Waals surface area contributed by atoms with Gasteiger partial charge in [-0.15, -0.1) is 0 Å². The summed E-state index contributed by atoms with van der Waals surface area (Å²) in [7, 11) is 0. The summed E-state index contributed by atoms with van der Waals surface area (Å²) in [5.74, 6) is 0.0220. The van der Waals surface area contributed by atoms with Gasteiger partial charge in [0.25, 0.3) is 0 Å². The topological polar surface area (TPSA) is 28.7 Å². The highest BCUT2D eigenvalue weighted by atomic mass is 32.1. The van der Waals surface area contributed by atoms with E-state index >= 15 is 0 Å². The fourth-order valence-electron chi connectivity index (χ4n) is 0.975. The van der Waals surface area contributed by atoms with E-state index < -0.39 is 0 Å². The van der Waals surface area contributed by atoms with E-state index in [1.54, 1.807) is 0 Å². The van der Waals surface area contributed by atoms with Gasteiger partial charge < -0.3 is 4.98 Å². The van der Waals surface area contributed by atoms with Gasteiger partial charge in [0.2, 0.25) is 0 Å². The Hall–Kier alpha value is -0.770. The quantitative estimate of drug-likeness (QED) is 0.719. The van der Waals surface area contributed by atoms with Crippen LogP contribution in [0, 0.1) is 16.4 Å². The van der Waals surface area contributed by atoms with Crippen LogP contribution in [0.15, 0.2) is 6.33 Å². The number of H-pyrrole nitrogens is 1. The number of hydrogen-bond donors (Lipinski definition) is 1. The molecule has 0 aliphatic carbocycles. The smallest absolute Gasteiger partial charge is 0.179 e. The zero-order valence-corrected chi connectivity index (χ0v) is 7.91. The van der Waals surface area contributed by atoms with Crippen molar-refractivity contribution in [3.63, 3.8) is 0 Å². The fourth-order valence-corrected chi connectivity index (χ4v) is 1.15. The summed E-state index contributed by atoms with van der Waals surface area (Å²) in [5, 5.41) is 0. The molecule has 0 amide bonds. The summed E-state index contributed by atoms with van der Waals surface area (Å²) in [6, 6.07) is 0. The maximum atomic E-state index is 13.2. The van der Waals surface area contributed by atoms with Gasteiger partial charge >= 0.3 is 0 Å². The predicted molar refractivity (Wildman–Crippen MR) is 47.9 cm³/mol. The van der Waals surface area contributed by atoms with Crippen LogP contribution in [0.5, 0.6) is 0 Å². The predicted octanol–water partition coefficient (Wildman–Crippen LogP) is 2.48. The molecule has 0 saturated heterocycles. The minimum absolute atomic E-state index is 0.0457. The number of aromatic amines is 1. The van der Waals surface area contributed by atoms with Crippen molar-refractivity contribution >= 4 is 12.2 Å². The Labute approximate surface area is 75.9 Å². The van der Waals surface area contributed by atoms with Crippen LogP contribution in [-0.4, -0.2) is 9.97 Å². The second-order valence-electron chi connectivity index (χ2n) is 3.10. The number of aromatic nitrogens is 2. The third-order valence-corrected chi connectivity index (χ3v) is 1.77. The van der Waals surface area contributed by atoms with Crippen LogP contribution in [0.2, 0.25) is 0 Å². The molecule has 0 fully saturated rings. The van der Waals surface area contributed by atoms with Crippen LogP contribution in [-0.2, 0) is 6.42 Å². The van der Waals surface area contributed by atoms with E-state index in [-0.39, 0.29) is 10.5 Å². The van der Waals surface area contributed by atoms with Crippen LogP contribution >= 0.6 is 12.2 Å². The van der Waals surface area contributed by atoms with Crippen molar-refractivity contribution in [3.8, 4) is 0 Å². The van der Waals surface area contributed by atoms with E-state index in [4.69, 9.17) is 0 Å². The van der Waals surface area contributed by atoms with Crippen molar-refractivity contribution < 1.29 is 4.39 Å². The molecule has 0 atom stereocenters. The Bertz CT molecular complexity index is 319. The highest BCUT2D eigenvalue weighted by Gasteiger charge is 2.05. The molecule has 1 heterocycles. The summed E-state index contributed by atoms with van der Waals surface area (Å²) in [6.45, 7) is 4.05. The highest BCUT2D eigenvalue weighted by Crippen LogP contribution is 2.08. The Balaban J connectivity index is 3.00. The van der Waals surface area contributed by atoms with E-state index in [1.807, 2.05) is 13.8 Å². The zero-order chi connectivity index (χ0) is 9.14. The van der Waals surface area contributed by atoms with Gasteiger partial charge in [-0.1, -0.05) is 26.1 Å². The van der Waals surface area contributed by atoms with Crippen LogP contribution in [0.1, 0.15) is 19.5 Å². The van der Waals surface area contributed by atoms with Crippen molar-refractivity contribution in [2.75, 3.05) is 0 Å². The maximum Gasteiger partial charge on any atom is 0.179 e. The number of halogens is 1. The summed E-state index contributed by atoms with van der Waals surface area (Å²) < 4.78 is 13.2. The monoisotopic (exact) mass is 186 g/mol. The highest BCUT2D eigenvalue weighted by molar-refractivity contribution is 7.71. The molecule has 0 unspecified atom stereocenters. The minimum atomic E-state index is -0.388. The van der Waals surface area contributed by atoms with E-state index in [0.29, 0.717) is 18.0 Å².